The first-order valence-corrected chi connectivity index (χ1v) is 10.5. The highest BCUT2D eigenvalue weighted by Crippen LogP contribution is 2.21. The third-order valence-electron chi connectivity index (χ3n) is 4.76. The van der Waals surface area contributed by atoms with Gasteiger partial charge in [-0.15, -0.1) is 11.8 Å². The molecule has 0 aromatic heterocycles. The second kappa shape index (κ2) is 9.64. The Morgan fingerprint density at radius 3 is 2.71 bits per heavy atom. The summed E-state index contributed by atoms with van der Waals surface area (Å²) in [6.45, 7) is 7.89. The van der Waals surface area contributed by atoms with Gasteiger partial charge in [-0.1, -0.05) is 19.9 Å². The topological polar surface area (TPSA) is 18.5 Å². The van der Waals surface area contributed by atoms with E-state index in [1.807, 2.05) is 0 Å². The highest BCUT2D eigenvalue weighted by atomic mass is 32.2. The second-order valence-corrected chi connectivity index (χ2v) is 8.31. The highest BCUT2D eigenvalue weighted by Gasteiger charge is 2.23. The van der Waals surface area contributed by atoms with Crippen LogP contribution in [-0.4, -0.2) is 53.9 Å². The predicted octanol–water partition coefficient (Wildman–Crippen LogP) is 4.55. The fourth-order valence-electron chi connectivity index (χ4n) is 3.06. The largest absolute Gasteiger partial charge is 0.349 e. The van der Waals surface area contributed by atoms with E-state index in [2.05, 4.69) is 66.5 Å². The molecule has 1 fully saturated rings. The molecule has 0 saturated carbocycles. The van der Waals surface area contributed by atoms with Crippen molar-refractivity contribution in [1.82, 2.24) is 9.80 Å². The third kappa shape index (κ3) is 5.94. The van der Waals surface area contributed by atoms with Gasteiger partial charge in [0.2, 0.25) is 0 Å². The molecule has 1 N–H and O–H groups in total. The van der Waals surface area contributed by atoms with E-state index < -0.39 is 0 Å². The van der Waals surface area contributed by atoms with Crippen LogP contribution in [0, 0.1) is 5.92 Å². The van der Waals surface area contributed by atoms with Crippen molar-refractivity contribution in [2.75, 3.05) is 38.3 Å². The minimum Gasteiger partial charge on any atom is -0.349 e. The Balaban J connectivity index is 1.79. The summed E-state index contributed by atoms with van der Waals surface area (Å²) in [5, 5.41) is 4.26. The van der Waals surface area contributed by atoms with Crippen LogP contribution in [0.1, 0.15) is 33.1 Å². The minimum absolute atomic E-state index is 0.697. The summed E-state index contributed by atoms with van der Waals surface area (Å²) in [5.74, 6) is 0.779. The molecule has 1 aliphatic rings. The molecule has 1 aromatic rings. The average Bonchev–Trinajstić information content (AvgIpc) is 2.59. The van der Waals surface area contributed by atoms with E-state index in [4.69, 9.17) is 12.2 Å². The van der Waals surface area contributed by atoms with E-state index in [9.17, 15) is 0 Å². The molecule has 0 amide bonds. The summed E-state index contributed by atoms with van der Waals surface area (Å²) in [7, 11) is 2.27. The molecule has 0 unspecified atom stereocenters. The molecule has 1 aromatic carbocycles. The lowest BCUT2D eigenvalue weighted by atomic mass is 10.0. The maximum atomic E-state index is 5.62. The van der Waals surface area contributed by atoms with E-state index in [0.29, 0.717) is 6.04 Å². The van der Waals surface area contributed by atoms with Crippen LogP contribution in [0.3, 0.4) is 0 Å². The van der Waals surface area contributed by atoms with Gasteiger partial charge in [0.1, 0.15) is 0 Å². The number of piperidine rings is 1. The standard InChI is InChI=1S/C19H31N3S2/c1-15(2)8-11-21(3)17-9-12-22(13-10-17)19(23)20-16-6-5-7-18(14-16)24-4/h5-7,14-15,17H,8-13H2,1-4H3,(H,20,23). The van der Waals surface area contributed by atoms with Gasteiger partial charge in [0, 0.05) is 29.7 Å². The van der Waals surface area contributed by atoms with Gasteiger partial charge >= 0.3 is 0 Å². The van der Waals surface area contributed by atoms with E-state index in [1.165, 1.54) is 30.7 Å². The lowest BCUT2D eigenvalue weighted by Gasteiger charge is -2.38. The molecule has 134 valence electrons. The Labute approximate surface area is 157 Å². The lowest BCUT2D eigenvalue weighted by Crippen LogP contribution is -2.47. The first kappa shape index (κ1) is 19.5. The fraction of sp³-hybridized carbons (Fsp3) is 0.632. The van der Waals surface area contributed by atoms with Gasteiger partial charge < -0.3 is 15.1 Å². The summed E-state index contributed by atoms with van der Waals surface area (Å²) in [4.78, 5) is 6.11. The molecule has 0 atom stereocenters. The third-order valence-corrected chi connectivity index (χ3v) is 5.84. The molecule has 5 heteroatoms. The summed E-state index contributed by atoms with van der Waals surface area (Å²) in [6.07, 6.45) is 5.77. The summed E-state index contributed by atoms with van der Waals surface area (Å²) >= 11 is 7.37. The molecular formula is C19H31N3S2. The first-order valence-electron chi connectivity index (χ1n) is 8.90. The summed E-state index contributed by atoms with van der Waals surface area (Å²) in [5.41, 5.74) is 1.09. The smallest absolute Gasteiger partial charge is 0.173 e. The number of anilines is 1. The van der Waals surface area contributed by atoms with Gasteiger partial charge in [-0.2, -0.15) is 0 Å². The Morgan fingerprint density at radius 1 is 1.38 bits per heavy atom. The molecule has 2 rings (SSSR count). The van der Waals surface area contributed by atoms with Crippen molar-refractivity contribution in [3.63, 3.8) is 0 Å². The van der Waals surface area contributed by atoms with Crippen LogP contribution in [0.25, 0.3) is 0 Å². The van der Waals surface area contributed by atoms with Crippen molar-refractivity contribution in [2.24, 2.45) is 5.92 Å². The van der Waals surface area contributed by atoms with Crippen molar-refractivity contribution in [1.29, 1.82) is 0 Å². The first-order chi connectivity index (χ1) is 11.5. The molecule has 0 bridgehead atoms. The van der Waals surface area contributed by atoms with Crippen LogP contribution in [0.2, 0.25) is 0 Å². The number of likely N-dealkylation sites (tertiary alicyclic amines) is 1. The zero-order valence-corrected chi connectivity index (χ0v) is 17.1. The normalized spacial score (nSPS) is 16.0. The number of benzene rings is 1. The number of hydrogen-bond donors (Lipinski definition) is 1. The van der Waals surface area contributed by atoms with Gasteiger partial charge in [0.15, 0.2) is 5.11 Å². The molecule has 24 heavy (non-hydrogen) atoms. The monoisotopic (exact) mass is 365 g/mol. The SMILES string of the molecule is CSc1cccc(NC(=S)N2CCC(N(C)CCC(C)C)CC2)c1. The Morgan fingerprint density at radius 2 is 2.08 bits per heavy atom. The zero-order chi connectivity index (χ0) is 17.5. The number of rotatable bonds is 6. The quantitative estimate of drug-likeness (QED) is 0.587. The van der Waals surface area contributed by atoms with Crippen molar-refractivity contribution in [2.45, 2.75) is 44.0 Å². The molecule has 0 aliphatic carbocycles. The average molecular weight is 366 g/mol. The Hall–Kier alpha value is -0.780. The van der Waals surface area contributed by atoms with Crippen molar-refractivity contribution >= 4 is 34.8 Å². The molecule has 0 spiro atoms. The zero-order valence-electron chi connectivity index (χ0n) is 15.4. The minimum atomic E-state index is 0.697. The van der Waals surface area contributed by atoms with Gasteiger partial charge in [-0.3, -0.25) is 0 Å². The van der Waals surface area contributed by atoms with E-state index in [-0.39, 0.29) is 0 Å². The number of hydrogen-bond acceptors (Lipinski definition) is 3. The fourth-order valence-corrected chi connectivity index (χ4v) is 3.82. The van der Waals surface area contributed by atoms with E-state index in [1.54, 1.807) is 11.8 Å². The number of thiocarbonyl (C=S) groups is 1. The summed E-state index contributed by atoms with van der Waals surface area (Å²) < 4.78 is 0. The second-order valence-electron chi connectivity index (χ2n) is 7.04. The molecule has 1 heterocycles. The maximum absolute atomic E-state index is 5.62. The van der Waals surface area contributed by atoms with Crippen LogP contribution >= 0.6 is 24.0 Å². The van der Waals surface area contributed by atoms with E-state index >= 15 is 0 Å². The predicted molar refractivity (Wildman–Crippen MR) is 111 cm³/mol. The highest BCUT2D eigenvalue weighted by molar-refractivity contribution is 7.98. The van der Waals surface area contributed by atoms with Crippen LogP contribution in [0.15, 0.2) is 29.2 Å². The molecule has 0 radical (unpaired) electrons. The summed E-state index contributed by atoms with van der Waals surface area (Å²) in [6, 6.07) is 9.13. The molecule has 1 aliphatic heterocycles. The van der Waals surface area contributed by atoms with E-state index in [0.717, 1.165) is 29.8 Å². The molecule has 3 nitrogen and oxygen atoms in total. The van der Waals surface area contributed by atoms with Gasteiger partial charge in [-0.25, -0.2) is 0 Å². The molecular weight excluding hydrogens is 334 g/mol. The van der Waals surface area contributed by atoms with Crippen LogP contribution in [0.4, 0.5) is 5.69 Å². The lowest BCUT2D eigenvalue weighted by molar-refractivity contribution is 0.159. The maximum Gasteiger partial charge on any atom is 0.173 e. The van der Waals surface area contributed by atoms with Gasteiger partial charge in [0.25, 0.3) is 0 Å². The van der Waals surface area contributed by atoms with Crippen LogP contribution in [0.5, 0.6) is 0 Å². The Bertz CT molecular complexity index is 525. The molecule has 1 saturated heterocycles. The van der Waals surface area contributed by atoms with Gasteiger partial charge in [0.05, 0.1) is 0 Å². The number of nitrogens with one attached hydrogen (secondary N) is 1. The van der Waals surface area contributed by atoms with Crippen molar-refractivity contribution in [3.05, 3.63) is 24.3 Å². The Kier molecular flexibility index (Phi) is 7.85. The van der Waals surface area contributed by atoms with Crippen LogP contribution < -0.4 is 5.32 Å². The number of thioether (sulfide) groups is 1. The van der Waals surface area contributed by atoms with Crippen LogP contribution in [-0.2, 0) is 0 Å². The number of nitrogens with zero attached hydrogens (tertiary/aromatic N) is 2. The van der Waals surface area contributed by atoms with Gasteiger partial charge in [-0.05, 0) is 75.4 Å². The van der Waals surface area contributed by atoms with Crippen molar-refractivity contribution in [3.8, 4) is 0 Å². The van der Waals surface area contributed by atoms with Crippen molar-refractivity contribution < 1.29 is 0 Å².